The molecule has 112 valence electrons. The van der Waals surface area contributed by atoms with Gasteiger partial charge in [-0.1, -0.05) is 24.6 Å². The highest BCUT2D eigenvalue weighted by molar-refractivity contribution is 7.89. The molecule has 0 N–H and O–H groups in total. The predicted octanol–water partition coefficient (Wildman–Crippen LogP) is 2.22. The van der Waals surface area contributed by atoms with Crippen molar-refractivity contribution in [1.82, 2.24) is 4.31 Å². The Morgan fingerprint density at radius 3 is 2.55 bits per heavy atom. The van der Waals surface area contributed by atoms with Gasteiger partial charge < -0.3 is 4.74 Å². The van der Waals surface area contributed by atoms with Crippen LogP contribution in [0.4, 0.5) is 0 Å². The Labute approximate surface area is 124 Å². The number of hydrogen-bond donors (Lipinski definition) is 0. The maximum Gasteiger partial charge on any atom is 0.321 e. The third kappa shape index (κ3) is 3.94. The average molecular weight is 320 g/mol. The molecular weight excluding hydrogens is 302 g/mol. The summed E-state index contributed by atoms with van der Waals surface area (Å²) in [6.07, 6.45) is 0.593. The van der Waals surface area contributed by atoms with Crippen molar-refractivity contribution >= 4 is 27.6 Å². The SMILES string of the molecule is CCCN(CC(=O)OC)S(=O)(=O)c1ccc(C)c(Cl)c1. The Morgan fingerprint density at radius 2 is 2.05 bits per heavy atom. The average Bonchev–Trinajstić information content (AvgIpc) is 2.40. The Kier molecular flexibility index (Phi) is 5.98. The largest absolute Gasteiger partial charge is 0.468 e. The number of rotatable bonds is 6. The molecule has 0 saturated carbocycles. The first-order valence-electron chi connectivity index (χ1n) is 6.16. The number of benzene rings is 1. The van der Waals surface area contributed by atoms with Crippen LogP contribution in [0.15, 0.2) is 23.1 Å². The monoisotopic (exact) mass is 319 g/mol. The fourth-order valence-electron chi connectivity index (χ4n) is 1.63. The lowest BCUT2D eigenvalue weighted by molar-refractivity contribution is -0.140. The number of hydrogen-bond acceptors (Lipinski definition) is 4. The highest BCUT2D eigenvalue weighted by atomic mass is 35.5. The van der Waals surface area contributed by atoms with Crippen LogP contribution in [0.2, 0.25) is 5.02 Å². The van der Waals surface area contributed by atoms with Crippen LogP contribution >= 0.6 is 11.6 Å². The molecule has 0 aromatic heterocycles. The number of esters is 1. The van der Waals surface area contributed by atoms with Crippen molar-refractivity contribution in [3.05, 3.63) is 28.8 Å². The molecule has 1 rings (SSSR count). The van der Waals surface area contributed by atoms with E-state index in [0.717, 1.165) is 9.87 Å². The smallest absolute Gasteiger partial charge is 0.321 e. The molecular formula is C13H18ClNO4S. The van der Waals surface area contributed by atoms with Crippen molar-refractivity contribution in [3.63, 3.8) is 0 Å². The van der Waals surface area contributed by atoms with Crippen molar-refractivity contribution in [2.75, 3.05) is 20.2 Å². The second-order valence-corrected chi connectivity index (χ2v) is 6.67. The molecule has 0 fully saturated rings. The molecule has 0 radical (unpaired) electrons. The molecule has 0 aliphatic rings. The number of carbonyl (C=O) groups is 1. The van der Waals surface area contributed by atoms with Gasteiger partial charge in [0.2, 0.25) is 10.0 Å². The molecule has 0 spiro atoms. The van der Waals surface area contributed by atoms with Gasteiger partial charge in [0, 0.05) is 11.6 Å². The van der Waals surface area contributed by atoms with E-state index in [4.69, 9.17) is 11.6 Å². The summed E-state index contributed by atoms with van der Waals surface area (Å²) in [5.74, 6) is -0.597. The number of nitrogens with zero attached hydrogens (tertiary/aromatic N) is 1. The molecule has 0 aliphatic carbocycles. The van der Waals surface area contributed by atoms with Crippen LogP contribution in [-0.2, 0) is 19.6 Å². The maximum atomic E-state index is 12.5. The Bertz CT molecular complexity index is 586. The molecule has 1 aromatic carbocycles. The third-order valence-electron chi connectivity index (χ3n) is 2.79. The molecule has 5 nitrogen and oxygen atoms in total. The minimum absolute atomic E-state index is 0.0745. The summed E-state index contributed by atoms with van der Waals surface area (Å²) in [5, 5.41) is 0.376. The lowest BCUT2D eigenvalue weighted by Gasteiger charge is -2.20. The van der Waals surface area contributed by atoms with Gasteiger partial charge in [0.05, 0.1) is 12.0 Å². The number of methoxy groups -OCH3 is 1. The van der Waals surface area contributed by atoms with Gasteiger partial charge in [-0.25, -0.2) is 8.42 Å². The van der Waals surface area contributed by atoms with Crippen LogP contribution in [-0.4, -0.2) is 38.9 Å². The van der Waals surface area contributed by atoms with Crippen LogP contribution in [0.5, 0.6) is 0 Å². The van der Waals surface area contributed by atoms with Crippen molar-refractivity contribution in [3.8, 4) is 0 Å². The molecule has 7 heteroatoms. The van der Waals surface area contributed by atoms with Crippen molar-refractivity contribution in [1.29, 1.82) is 0 Å². The van der Waals surface area contributed by atoms with Gasteiger partial charge in [0.1, 0.15) is 6.54 Å². The zero-order valence-electron chi connectivity index (χ0n) is 11.7. The Hall–Kier alpha value is -1.11. The lowest BCUT2D eigenvalue weighted by atomic mass is 10.2. The molecule has 1 aromatic rings. The number of aryl methyl sites for hydroxylation is 1. The second kappa shape index (κ2) is 7.06. The second-order valence-electron chi connectivity index (χ2n) is 4.33. The topological polar surface area (TPSA) is 63.7 Å². The molecule has 0 amide bonds. The lowest BCUT2D eigenvalue weighted by Crippen LogP contribution is -2.36. The van der Waals surface area contributed by atoms with Gasteiger partial charge in [-0.05, 0) is 31.0 Å². The van der Waals surface area contributed by atoms with E-state index < -0.39 is 16.0 Å². The van der Waals surface area contributed by atoms with E-state index in [-0.39, 0.29) is 18.0 Å². The Balaban J connectivity index is 3.14. The summed E-state index contributed by atoms with van der Waals surface area (Å²) in [4.78, 5) is 11.4. The Morgan fingerprint density at radius 1 is 1.40 bits per heavy atom. The first-order valence-corrected chi connectivity index (χ1v) is 7.97. The van der Waals surface area contributed by atoms with E-state index >= 15 is 0 Å². The van der Waals surface area contributed by atoms with Gasteiger partial charge in [0.15, 0.2) is 0 Å². The van der Waals surface area contributed by atoms with Gasteiger partial charge in [-0.2, -0.15) is 4.31 Å². The highest BCUT2D eigenvalue weighted by Gasteiger charge is 2.26. The van der Waals surface area contributed by atoms with Crippen molar-refractivity contribution < 1.29 is 17.9 Å². The van der Waals surface area contributed by atoms with Gasteiger partial charge in [-0.3, -0.25) is 4.79 Å². The van der Waals surface area contributed by atoms with E-state index in [2.05, 4.69) is 4.74 Å². The van der Waals surface area contributed by atoms with Crippen LogP contribution in [0.25, 0.3) is 0 Å². The van der Waals surface area contributed by atoms with Gasteiger partial charge in [0.25, 0.3) is 0 Å². The summed E-state index contributed by atoms with van der Waals surface area (Å²) in [6.45, 7) is 3.56. The number of ether oxygens (including phenoxy) is 1. The first kappa shape index (κ1) is 16.9. The molecule has 0 heterocycles. The molecule has 0 aliphatic heterocycles. The number of carbonyl (C=O) groups excluding carboxylic acids is 1. The normalized spacial score (nSPS) is 11.7. The minimum Gasteiger partial charge on any atom is -0.468 e. The zero-order valence-corrected chi connectivity index (χ0v) is 13.3. The van der Waals surface area contributed by atoms with Crippen LogP contribution in [0.1, 0.15) is 18.9 Å². The molecule has 0 unspecified atom stereocenters. The highest BCUT2D eigenvalue weighted by Crippen LogP contribution is 2.22. The van der Waals surface area contributed by atoms with Crippen LogP contribution < -0.4 is 0 Å². The van der Waals surface area contributed by atoms with Crippen LogP contribution in [0, 0.1) is 6.92 Å². The summed E-state index contributed by atoms with van der Waals surface area (Å²) < 4.78 is 30.6. The number of halogens is 1. The zero-order chi connectivity index (χ0) is 15.3. The van der Waals surface area contributed by atoms with Crippen LogP contribution in [0.3, 0.4) is 0 Å². The maximum absolute atomic E-state index is 12.5. The molecule has 0 atom stereocenters. The molecule has 0 saturated heterocycles. The summed E-state index contributed by atoms with van der Waals surface area (Å²) in [6, 6.07) is 4.51. The summed E-state index contributed by atoms with van der Waals surface area (Å²) >= 11 is 5.96. The molecule has 20 heavy (non-hydrogen) atoms. The quantitative estimate of drug-likeness (QED) is 0.754. The summed E-state index contributed by atoms with van der Waals surface area (Å²) in [5.41, 5.74) is 0.792. The first-order chi connectivity index (χ1) is 9.32. The standard InChI is InChI=1S/C13H18ClNO4S/c1-4-7-15(9-13(16)19-3)20(17,18)11-6-5-10(2)12(14)8-11/h5-6,8H,4,7,9H2,1-3H3. The van der Waals surface area contributed by atoms with Crippen molar-refractivity contribution in [2.45, 2.75) is 25.2 Å². The third-order valence-corrected chi connectivity index (χ3v) is 5.04. The van der Waals surface area contributed by atoms with E-state index in [1.807, 2.05) is 6.92 Å². The van der Waals surface area contributed by atoms with Gasteiger partial charge >= 0.3 is 5.97 Å². The van der Waals surface area contributed by atoms with Crippen molar-refractivity contribution in [2.24, 2.45) is 0 Å². The minimum atomic E-state index is -3.76. The van der Waals surface area contributed by atoms with E-state index in [1.165, 1.54) is 19.2 Å². The van der Waals surface area contributed by atoms with E-state index in [1.54, 1.807) is 13.0 Å². The molecule has 0 bridgehead atoms. The number of sulfonamides is 1. The fourth-order valence-corrected chi connectivity index (χ4v) is 3.37. The predicted molar refractivity (Wildman–Crippen MR) is 77.3 cm³/mol. The fraction of sp³-hybridized carbons (Fsp3) is 0.462. The van der Waals surface area contributed by atoms with E-state index in [9.17, 15) is 13.2 Å². The summed E-state index contributed by atoms with van der Waals surface area (Å²) in [7, 11) is -2.54. The van der Waals surface area contributed by atoms with Gasteiger partial charge in [-0.15, -0.1) is 0 Å². The van der Waals surface area contributed by atoms with E-state index in [0.29, 0.717) is 11.4 Å².